The van der Waals surface area contributed by atoms with E-state index in [4.69, 9.17) is 4.74 Å². The van der Waals surface area contributed by atoms with E-state index in [-0.39, 0.29) is 0 Å². The minimum atomic E-state index is 0.502. The normalized spacial score (nSPS) is 14.2. The van der Waals surface area contributed by atoms with Gasteiger partial charge in [-0.3, -0.25) is 0 Å². The Balaban J connectivity index is 1.94. The van der Waals surface area contributed by atoms with Crippen molar-refractivity contribution in [2.75, 3.05) is 12.4 Å². The molecule has 2 aromatic rings. The second-order valence-electron chi connectivity index (χ2n) is 4.94. The van der Waals surface area contributed by atoms with E-state index in [1.165, 1.54) is 16.4 Å². The zero-order valence-corrected chi connectivity index (χ0v) is 13.6. The summed E-state index contributed by atoms with van der Waals surface area (Å²) in [6, 6.07) is 7.96. The second-order valence-corrected chi connectivity index (χ2v) is 6.19. The summed E-state index contributed by atoms with van der Waals surface area (Å²) in [5.41, 5.74) is 0.940. The van der Waals surface area contributed by atoms with E-state index in [2.05, 4.69) is 37.9 Å². The highest BCUT2D eigenvalue weighted by Gasteiger charge is 2.28. The van der Waals surface area contributed by atoms with Crippen LogP contribution in [0.25, 0.3) is 0 Å². The minimum Gasteiger partial charge on any atom is -0.439 e. The fourth-order valence-corrected chi connectivity index (χ4v) is 2.35. The van der Waals surface area contributed by atoms with Crippen molar-refractivity contribution in [3.05, 3.63) is 39.2 Å². The summed E-state index contributed by atoms with van der Waals surface area (Å²) in [7, 11) is 1.88. The molecule has 0 bridgehead atoms. The molecule has 0 aliphatic heterocycles. The molecule has 5 heteroatoms. The van der Waals surface area contributed by atoms with Crippen molar-refractivity contribution < 1.29 is 4.74 Å². The number of benzene rings is 1. The lowest BCUT2D eigenvalue weighted by atomic mass is 10.3. The maximum absolute atomic E-state index is 5.93. The Morgan fingerprint density at radius 2 is 1.90 bits per heavy atom. The van der Waals surface area contributed by atoms with Crippen molar-refractivity contribution in [1.29, 1.82) is 0 Å². The molecule has 1 heterocycles. The highest BCUT2D eigenvalue weighted by atomic mass is 127. The summed E-state index contributed by atoms with van der Waals surface area (Å²) in [6.07, 6.45) is 2.35. The van der Waals surface area contributed by atoms with Crippen molar-refractivity contribution in [1.82, 2.24) is 9.97 Å². The molecular weight excluding hydrogens is 365 g/mol. The lowest BCUT2D eigenvalue weighted by molar-refractivity contribution is 0.454. The fraction of sp³-hybridized carbons (Fsp3) is 0.333. The molecule has 1 N–H and O–H groups in total. The van der Waals surface area contributed by atoms with Gasteiger partial charge in [-0.05, 0) is 66.6 Å². The van der Waals surface area contributed by atoms with Gasteiger partial charge in [0.2, 0.25) is 5.88 Å². The predicted octanol–water partition coefficient (Wildman–Crippen LogP) is 4.10. The Bertz CT molecular complexity index is 624. The lowest BCUT2D eigenvalue weighted by Crippen LogP contribution is -2.04. The van der Waals surface area contributed by atoms with Gasteiger partial charge in [0, 0.05) is 16.5 Å². The standard InChI is InChI=1S/C15H16IN3O/c1-9-13(17-2)18-14(10-3-4-10)19-15(9)20-12-7-5-11(16)6-8-12/h5-8,10H,3-4H2,1-2H3,(H,17,18,19). The Kier molecular flexibility index (Phi) is 3.78. The van der Waals surface area contributed by atoms with Gasteiger partial charge in [0.15, 0.2) is 0 Å². The van der Waals surface area contributed by atoms with Crippen molar-refractivity contribution in [3.8, 4) is 11.6 Å². The van der Waals surface area contributed by atoms with Gasteiger partial charge in [-0.2, -0.15) is 4.98 Å². The molecule has 1 aliphatic rings. The fourth-order valence-electron chi connectivity index (χ4n) is 1.99. The van der Waals surface area contributed by atoms with E-state index < -0.39 is 0 Å². The second kappa shape index (κ2) is 5.55. The average molecular weight is 381 g/mol. The van der Waals surface area contributed by atoms with Gasteiger partial charge in [0.25, 0.3) is 0 Å². The van der Waals surface area contributed by atoms with E-state index in [1.807, 2.05) is 38.2 Å². The van der Waals surface area contributed by atoms with Gasteiger partial charge in [-0.15, -0.1) is 0 Å². The molecule has 0 amide bonds. The van der Waals surface area contributed by atoms with E-state index in [1.54, 1.807) is 0 Å². The van der Waals surface area contributed by atoms with Crippen LogP contribution >= 0.6 is 22.6 Å². The number of hydrogen-bond donors (Lipinski definition) is 1. The molecule has 20 heavy (non-hydrogen) atoms. The third-order valence-electron chi connectivity index (χ3n) is 3.33. The van der Waals surface area contributed by atoms with Gasteiger partial charge >= 0.3 is 0 Å². The maximum atomic E-state index is 5.93. The number of aromatic nitrogens is 2. The van der Waals surface area contributed by atoms with E-state index in [9.17, 15) is 0 Å². The van der Waals surface area contributed by atoms with Crippen LogP contribution in [-0.4, -0.2) is 17.0 Å². The zero-order valence-electron chi connectivity index (χ0n) is 11.5. The van der Waals surface area contributed by atoms with Gasteiger partial charge < -0.3 is 10.1 Å². The number of nitrogens with one attached hydrogen (secondary N) is 1. The van der Waals surface area contributed by atoms with E-state index in [0.29, 0.717) is 11.8 Å². The van der Waals surface area contributed by atoms with Crippen molar-refractivity contribution in [2.45, 2.75) is 25.7 Å². The minimum absolute atomic E-state index is 0.502. The van der Waals surface area contributed by atoms with Crippen LogP contribution in [0.1, 0.15) is 30.1 Å². The maximum Gasteiger partial charge on any atom is 0.227 e. The Morgan fingerprint density at radius 1 is 1.20 bits per heavy atom. The van der Waals surface area contributed by atoms with Crippen LogP contribution < -0.4 is 10.1 Å². The summed E-state index contributed by atoms with van der Waals surface area (Å²) in [5.74, 6) is 3.69. The monoisotopic (exact) mass is 381 g/mol. The van der Waals surface area contributed by atoms with Crippen molar-refractivity contribution in [2.24, 2.45) is 0 Å². The van der Waals surface area contributed by atoms with Crippen LogP contribution in [-0.2, 0) is 0 Å². The molecule has 1 fully saturated rings. The van der Waals surface area contributed by atoms with Crippen LogP contribution in [0.5, 0.6) is 11.6 Å². The summed E-state index contributed by atoms with van der Waals surface area (Å²) in [5, 5.41) is 3.12. The molecule has 104 valence electrons. The Morgan fingerprint density at radius 3 is 2.50 bits per heavy atom. The van der Waals surface area contributed by atoms with Gasteiger partial charge in [0.1, 0.15) is 17.4 Å². The van der Waals surface area contributed by atoms with Crippen LogP contribution in [0.4, 0.5) is 5.82 Å². The average Bonchev–Trinajstić information content (AvgIpc) is 3.28. The molecule has 3 rings (SSSR count). The van der Waals surface area contributed by atoms with E-state index >= 15 is 0 Å². The highest BCUT2D eigenvalue weighted by molar-refractivity contribution is 14.1. The summed E-state index contributed by atoms with van der Waals surface area (Å²) < 4.78 is 7.11. The molecule has 1 aliphatic carbocycles. The topological polar surface area (TPSA) is 47.0 Å². The first-order valence-corrected chi connectivity index (χ1v) is 7.75. The first-order chi connectivity index (χ1) is 9.67. The first kappa shape index (κ1) is 13.6. The molecule has 4 nitrogen and oxygen atoms in total. The zero-order chi connectivity index (χ0) is 14.1. The summed E-state index contributed by atoms with van der Waals surface area (Å²) in [4.78, 5) is 9.15. The van der Waals surface area contributed by atoms with Crippen LogP contribution in [0.3, 0.4) is 0 Å². The number of hydrogen-bond acceptors (Lipinski definition) is 4. The van der Waals surface area contributed by atoms with Crippen LogP contribution in [0, 0.1) is 10.5 Å². The van der Waals surface area contributed by atoms with E-state index in [0.717, 1.165) is 23.0 Å². The van der Waals surface area contributed by atoms with Gasteiger partial charge in [0.05, 0.1) is 5.56 Å². The SMILES string of the molecule is CNc1nc(C2CC2)nc(Oc2ccc(I)cc2)c1C. The molecule has 0 atom stereocenters. The first-order valence-electron chi connectivity index (χ1n) is 6.67. The molecule has 0 unspecified atom stereocenters. The quantitative estimate of drug-likeness (QED) is 0.811. The molecule has 0 spiro atoms. The van der Waals surface area contributed by atoms with Crippen LogP contribution in [0.15, 0.2) is 24.3 Å². The summed E-state index contributed by atoms with van der Waals surface area (Å²) in [6.45, 7) is 1.98. The van der Waals surface area contributed by atoms with Gasteiger partial charge in [-0.25, -0.2) is 4.98 Å². The Hall–Kier alpha value is -1.37. The predicted molar refractivity (Wildman–Crippen MR) is 87.5 cm³/mol. The van der Waals surface area contributed by atoms with Gasteiger partial charge in [-0.1, -0.05) is 0 Å². The third kappa shape index (κ3) is 2.87. The third-order valence-corrected chi connectivity index (χ3v) is 4.05. The molecule has 1 aromatic heterocycles. The molecule has 1 aromatic carbocycles. The number of rotatable bonds is 4. The van der Waals surface area contributed by atoms with Crippen molar-refractivity contribution >= 4 is 28.4 Å². The number of halogens is 1. The largest absolute Gasteiger partial charge is 0.439 e. The highest BCUT2D eigenvalue weighted by Crippen LogP contribution is 2.40. The smallest absolute Gasteiger partial charge is 0.227 e. The molecule has 1 saturated carbocycles. The molecule has 0 radical (unpaired) electrons. The molecule has 0 saturated heterocycles. The number of anilines is 1. The number of ether oxygens (including phenoxy) is 1. The molecular formula is C15H16IN3O. The summed E-state index contributed by atoms with van der Waals surface area (Å²) >= 11 is 2.28. The van der Waals surface area contributed by atoms with Crippen molar-refractivity contribution in [3.63, 3.8) is 0 Å². The Labute approximate surface area is 132 Å². The lowest BCUT2D eigenvalue weighted by Gasteiger charge is -2.12. The number of nitrogens with zero attached hydrogens (tertiary/aromatic N) is 2. The van der Waals surface area contributed by atoms with Crippen LogP contribution in [0.2, 0.25) is 0 Å².